The maximum absolute atomic E-state index is 13.4. The number of benzene rings is 2. The molecule has 2 heterocycles. The second-order valence-corrected chi connectivity index (χ2v) is 7.40. The van der Waals surface area contributed by atoms with Crippen LogP contribution in [0.15, 0.2) is 53.5 Å². The highest BCUT2D eigenvalue weighted by Gasteiger charge is 2.38. The van der Waals surface area contributed by atoms with Gasteiger partial charge in [0.05, 0.1) is 19.9 Å². The molecule has 6 nitrogen and oxygen atoms in total. The molecule has 2 aromatic rings. The van der Waals surface area contributed by atoms with E-state index in [1.165, 1.54) is 6.42 Å². The second-order valence-electron chi connectivity index (χ2n) is 7.40. The largest absolute Gasteiger partial charge is 0.493 e. The Hall–Kier alpha value is -3.02. The number of aliphatic imine (C=N–C) groups is 1. The molecule has 1 unspecified atom stereocenters. The number of piperidine rings is 1. The van der Waals surface area contributed by atoms with Crippen molar-refractivity contribution in [2.24, 2.45) is 4.99 Å². The summed E-state index contributed by atoms with van der Waals surface area (Å²) in [5.41, 5.74) is 1.87. The van der Waals surface area contributed by atoms with E-state index in [1.807, 2.05) is 48.5 Å². The molecule has 0 aliphatic carbocycles. The first-order valence-electron chi connectivity index (χ1n) is 10.1. The smallest absolute Gasteiger partial charge is 0.259 e. The van der Waals surface area contributed by atoms with E-state index in [9.17, 15) is 4.79 Å². The lowest BCUT2D eigenvalue weighted by atomic mass is 10.1. The summed E-state index contributed by atoms with van der Waals surface area (Å²) in [7, 11) is 3.21. The second kappa shape index (κ2) is 8.55. The van der Waals surface area contributed by atoms with Crippen LogP contribution in [0.5, 0.6) is 11.5 Å². The third kappa shape index (κ3) is 3.92. The van der Waals surface area contributed by atoms with E-state index in [0.29, 0.717) is 17.9 Å². The van der Waals surface area contributed by atoms with Crippen LogP contribution >= 0.6 is 0 Å². The fourth-order valence-corrected chi connectivity index (χ4v) is 3.99. The predicted octanol–water partition coefficient (Wildman–Crippen LogP) is 3.50. The number of hydrogen-bond donors (Lipinski definition) is 0. The third-order valence-electron chi connectivity index (χ3n) is 5.51. The van der Waals surface area contributed by atoms with E-state index in [1.54, 1.807) is 19.1 Å². The molecule has 1 fully saturated rings. The van der Waals surface area contributed by atoms with Gasteiger partial charge in [0.15, 0.2) is 11.5 Å². The van der Waals surface area contributed by atoms with Crippen molar-refractivity contribution in [1.82, 2.24) is 4.90 Å². The summed E-state index contributed by atoms with van der Waals surface area (Å²) in [6.07, 6.45) is 4.06. The molecule has 29 heavy (non-hydrogen) atoms. The average molecular weight is 393 g/mol. The van der Waals surface area contributed by atoms with E-state index < -0.39 is 6.04 Å². The fraction of sp³-hybridized carbons (Fsp3) is 0.391. The minimum atomic E-state index is -0.414. The third-order valence-corrected chi connectivity index (χ3v) is 5.51. The van der Waals surface area contributed by atoms with Crippen molar-refractivity contribution in [3.05, 3.63) is 54.1 Å². The van der Waals surface area contributed by atoms with Crippen LogP contribution in [0.1, 0.15) is 24.8 Å². The highest BCUT2D eigenvalue weighted by Crippen LogP contribution is 2.34. The first kappa shape index (κ1) is 19.3. The number of hydrogen-bond acceptors (Lipinski definition) is 5. The van der Waals surface area contributed by atoms with Gasteiger partial charge in [-0.3, -0.25) is 4.79 Å². The van der Waals surface area contributed by atoms with Crippen LogP contribution in [0.25, 0.3) is 0 Å². The summed E-state index contributed by atoms with van der Waals surface area (Å²) >= 11 is 0. The number of methoxy groups -OCH3 is 2. The molecule has 1 amide bonds. The fourth-order valence-electron chi connectivity index (χ4n) is 3.99. The van der Waals surface area contributed by atoms with Crippen LogP contribution in [0.3, 0.4) is 0 Å². The van der Waals surface area contributed by atoms with Gasteiger partial charge in [-0.05, 0) is 37.0 Å². The zero-order chi connectivity index (χ0) is 20.2. The zero-order valence-corrected chi connectivity index (χ0v) is 17.0. The lowest BCUT2D eigenvalue weighted by Gasteiger charge is -2.32. The first-order chi connectivity index (χ1) is 14.2. The summed E-state index contributed by atoms with van der Waals surface area (Å²) in [6, 6.07) is 15.2. The van der Waals surface area contributed by atoms with Crippen molar-refractivity contribution in [2.75, 3.05) is 32.2 Å². The molecule has 0 radical (unpaired) electrons. The number of rotatable bonds is 5. The van der Waals surface area contributed by atoms with Crippen molar-refractivity contribution in [1.29, 1.82) is 0 Å². The molecule has 0 N–H and O–H groups in total. The number of nitrogens with zero attached hydrogens (tertiary/aromatic N) is 3. The van der Waals surface area contributed by atoms with E-state index in [4.69, 9.17) is 14.5 Å². The summed E-state index contributed by atoms with van der Waals surface area (Å²) in [5, 5.41) is 0. The van der Waals surface area contributed by atoms with Gasteiger partial charge in [0.25, 0.3) is 5.91 Å². The highest BCUT2D eigenvalue weighted by atomic mass is 16.5. The summed E-state index contributed by atoms with van der Waals surface area (Å²) in [6.45, 7) is 1.85. The monoisotopic (exact) mass is 393 g/mol. The standard InChI is InChI=1S/C23H27N3O3/c1-28-20-12-11-18(16-21(20)29-2)26-22(27)19(15-17-9-5-3-6-10-17)24-23(26)25-13-7-4-8-14-25/h3,5-6,9-12,16,19H,4,7-8,13-15H2,1-2H3. The molecule has 152 valence electrons. The van der Waals surface area contributed by atoms with Gasteiger partial charge in [-0.25, -0.2) is 9.89 Å². The quantitative estimate of drug-likeness (QED) is 0.780. The minimum absolute atomic E-state index is 0.00152. The van der Waals surface area contributed by atoms with E-state index in [-0.39, 0.29) is 5.91 Å². The number of carbonyl (C=O) groups excluding carboxylic acids is 1. The van der Waals surface area contributed by atoms with Crippen molar-refractivity contribution in [3.8, 4) is 11.5 Å². The lowest BCUT2D eigenvalue weighted by molar-refractivity contribution is -0.118. The van der Waals surface area contributed by atoms with E-state index >= 15 is 0 Å². The van der Waals surface area contributed by atoms with Crippen LogP contribution < -0.4 is 14.4 Å². The van der Waals surface area contributed by atoms with Crippen molar-refractivity contribution < 1.29 is 14.3 Å². The molecule has 4 rings (SSSR count). The molecule has 0 bridgehead atoms. The molecule has 2 aliphatic rings. The van der Waals surface area contributed by atoms with Gasteiger partial charge in [-0.15, -0.1) is 0 Å². The highest BCUT2D eigenvalue weighted by molar-refractivity contribution is 6.22. The summed E-state index contributed by atoms with van der Waals surface area (Å²) in [5.74, 6) is 1.99. The molecular formula is C23H27N3O3. The van der Waals surface area contributed by atoms with Gasteiger partial charge in [0.1, 0.15) is 6.04 Å². The molecular weight excluding hydrogens is 366 g/mol. The maximum Gasteiger partial charge on any atom is 0.259 e. The van der Waals surface area contributed by atoms with Crippen LogP contribution in [-0.2, 0) is 11.2 Å². The van der Waals surface area contributed by atoms with Gasteiger partial charge in [0, 0.05) is 25.6 Å². The number of likely N-dealkylation sites (tertiary alicyclic amines) is 1. The molecule has 6 heteroatoms. The molecule has 1 saturated heterocycles. The van der Waals surface area contributed by atoms with Crippen molar-refractivity contribution in [2.45, 2.75) is 31.7 Å². The average Bonchev–Trinajstić information content (AvgIpc) is 3.10. The van der Waals surface area contributed by atoms with Crippen molar-refractivity contribution in [3.63, 3.8) is 0 Å². The summed E-state index contributed by atoms with van der Waals surface area (Å²) in [4.78, 5) is 22.3. The van der Waals surface area contributed by atoms with Crippen LogP contribution in [0.2, 0.25) is 0 Å². The Bertz CT molecular complexity index is 891. The van der Waals surface area contributed by atoms with Gasteiger partial charge in [-0.2, -0.15) is 0 Å². The molecule has 0 saturated carbocycles. The Morgan fingerprint density at radius 3 is 2.38 bits per heavy atom. The van der Waals surface area contributed by atoms with Gasteiger partial charge in [-0.1, -0.05) is 30.3 Å². The van der Waals surface area contributed by atoms with Crippen LogP contribution in [0, 0.1) is 0 Å². The number of ether oxygens (including phenoxy) is 2. The van der Waals surface area contributed by atoms with E-state index in [0.717, 1.165) is 43.1 Å². The lowest BCUT2D eigenvalue weighted by Crippen LogP contribution is -2.47. The van der Waals surface area contributed by atoms with Crippen LogP contribution in [0.4, 0.5) is 5.69 Å². The van der Waals surface area contributed by atoms with E-state index in [2.05, 4.69) is 4.90 Å². The zero-order valence-electron chi connectivity index (χ0n) is 17.0. The Morgan fingerprint density at radius 1 is 0.966 bits per heavy atom. The normalized spacial score (nSPS) is 19.3. The molecule has 1 atom stereocenters. The Labute approximate surface area is 171 Å². The van der Waals surface area contributed by atoms with Crippen molar-refractivity contribution >= 4 is 17.6 Å². The van der Waals surface area contributed by atoms with Gasteiger partial charge in [0.2, 0.25) is 5.96 Å². The molecule has 2 aliphatic heterocycles. The first-order valence-corrected chi connectivity index (χ1v) is 10.1. The summed E-state index contributed by atoms with van der Waals surface area (Å²) < 4.78 is 10.8. The maximum atomic E-state index is 13.4. The number of anilines is 1. The molecule has 2 aromatic carbocycles. The SMILES string of the molecule is COc1ccc(N2C(=O)C(Cc3ccccc3)N=C2N2CCCCC2)cc1OC. The number of amides is 1. The molecule has 0 spiro atoms. The Kier molecular flexibility index (Phi) is 5.69. The topological polar surface area (TPSA) is 54.4 Å². The predicted molar refractivity (Wildman–Crippen MR) is 114 cm³/mol. The Morgan fingerprint density at radius 2 is 1.69 bits per heavy atom. The van der Waals surface area contributed by atoms with Gasteiger partial charge < -0.3 is 14.4 Å². The molecule has 0 aromatic heterocycles. The van der Waals surface area contributed by atoms with Crippen LogP contribution in [-0.4, -0.2) is 50.1 Å². The van der Waals surface area contributed by atoms with Gasteiger partial charge >= 0.3 is 0 Å². The minimum Gasteiger partial charge on any atom is -0.493 e. The number of carbonyl (C=O) groups is 1. The number of guanidine groups is 1. The Balaban J connectivity index is 1.68.